The molecular weight excluding hydrogens is 963 g/mol. The molecule has 0 saturated heterocycles. The standard InChI is InChI=1S/C13H21NO2S.C12H18N2O.C12H17NO.C11H17N3O.C11H16N2O/c1-2-3-7-16-9-13(15)11-17-10-12-5-4-6-14-8-12;1-2-3-9-13-12(15)14-10-11-7-5-4-6-8-11;1-2-3-9-13-12(14)10-11-7-5-4-6-8-11;1-2-3-7-13-11(15)14-9-10-6-4-5-8-12-10;1-2-3-6-13-11(14)9-10-4-7-12-8-5-10/h4-6,8,13,15H,2-3,7,9-11H2,1H3;4-8H,2-3,9-10H2,1H3,(H2,13,14,15);4-8H,2-3,9-10H2,1H3,(H,13,14);4-6,8H,2-3,7,9H2,1H3,(H2,13,14,15);4-5,7-8H,2-3,6,9H2,1H3,(H,13,14). The van der Waals surface area contributed by atoms with Gasteiger partial charge in [-0.15, -0.1) is 0 Å². The van der Waals surface area contributed by atoms with Gasteiger partial charge in [0.1, 0.15) is 0 Å². The Morgan fingerprint density at radius 3 is 1.51 bits per heavy atom. The minimum atomic E-state index is -0.367. The predicted octanol–water partition coefficient (Wildman–Crippen LogP) is 10.1. The van der Waals surface area contributed by atoms with E-state index in [-0.39, 0.29) is 30.0 Å². The molecule has 1 atom stereocenters. The number of thioether (sulfide) groups is 1. The molecule has 0 saturated carbocycles. The first-order valence-corrected chi connectivity index (χ1v) is 27.9. The van der Waals surface area contributed by atoms with Crippen LogP contribution in [0.4, 0.5) is 9.59 Å². The summed E-state index contributed by atoms with van der Waals surface area (Å²) in [7, 11) is 0. The van der Waals surface area contributed by atoms with Crippen molar-refractivity contribution in [3.63, 3.8) is 0 Å². The van der Waals surface area contributed by atoms with Gasteiger partial charge in [-0.05, 0) is 84.7 Å². The fourth-order valence-corrected chi connectivity index (χ4v) is 6.94. The Morgan fingerprint density at radius 1 is 0.507 bits per heavy atom. The van der Waals surface area contributed by atoms with Crippen LogP contribution in [0.5, 0.6) is 0 Å². The summed E-state index contributed by atoms with van der Waals surface area (Å²) in [6.07, 6.45) is 20.1. The van der Waals surface area contributed by atoms with Gasteiger partial charge in [-0.1, -0.05) is 140 Å². The molecule has 5 rings (SSSR count). The van der Waals surface area contributed by atoms with Gasteiger partial charge in [0.2, 0.25) is 11.8 Å². The van der Waals surface area contributed by atoms with E-state index in [2.05, 4.69) is 81.5 Å². The topological polar surface area (TPSA) is 209 Å². The van der Waals surface area contributed by atoms with E-state index in [9.17, 15) is 24.3 Å². The highest BCUT2D eigenvalue weighted by atomic mass is 32.2. The molecule has 6 amide bonds. The summed E-state index contributed by atoms with van der Waals surface area (Å²) in [5.41, 5.74) is 5.25. The van der Waals surface area contributed by atoms with Crippen LogP contribution in [0.15, 0.2) is 134 Å². The number of amides is 6. The lowest BCUT2D eigenvalue weighted by molar-refractivity contribution is -0.121. The second kappa shape index (κ2) is 48.6. The second-order valence-corrected chi connectivity index (χ2v) is 18.3. The van der Waals surface area contributed by atoms with Crippen molar-refractivity contribution >= 4 is 35.6 Å². The number of hydrogen-bond donors (Lipinski definition) is 7. The summed E-state index contributed by atoms with van der Waals surface area (Å²) < 4.78 is 5.36. The number of aromatic nitrogens is 3. The predicted molar refractivity (Wildman–Crippen MR) is 307 cm³/mol. The number of carbonyl (C=O) groups excluding carboxylic acids is 4. The molecular formula is C59H89N9O6S. The third-order valence-electron chi connectivity index (χ3n) is 10.4. The van der Waals surface area contributed by atoms with Gasteiger partial charge < -0.3 is 41.7 Å². The highest BCUT2D eigenvalue weighted by Gasteiger charge is 2.06. The molecule has 0 spiro atoms. The van der Waals surface area contributed by atoms with Crippen LogP contribution in [0, 0.1) is 0 Å². The minimum Gasteiger partial charge on any atom is -0.390 e. The zero-order valence-corrected chi connectivity index (χ0v) is 46.4. The maximum absolute atomic E-state index is 11.4. The molecule has 2 aromatic carbocycles. The molecule has 0 radical (unpaired) electrons. The first-order valence-electron chi connectivity index (χ1n) is 26.8. The van der Waals surface area contributed by atoms with Crippen molar-refractivity contribution < 1.29 is 29.0 Å². The lowest BCUT2D eigenvalue weighted by Crippen LogP contribution is -2.35. The molecule has 0 aliphatic heterocycles. The van der Waals surface area contributed by atoms with Crippen molar-refractivity contribution in [1.29, 1.82) is 0 Å². The van der Waals surface area contributed by atoms with Crippen LogP contribution in [-0.2, 0) is 46.0 Å². The molecule has 3 aromatic heterocycles. The first-order chi connectivity index (χ1) is 36.6. The van der Waals surface area contributed by atoms with Crippen molar-refractivity contribution in [1.82, 2.24) is 46.9 Å². The fraction of sp³-hybridized carbons (Fsp3) is 0.475. The van der Waals surface area contributed by atoms with Crippen LogP contribution in [0.3, 0.4) is 0 Å². The SMILES string of the molecule is CCCCNC(=O)Cc1ccccc1.CCCCNC(=O)Cc1ccncc1.CCCCNC(=O)NCc1ccccc1.CCCCNC(=O)NCc1ccccn1.CCCCOCC(O)CSCc1cccnc1. The van der Waals surface area contributed by atoms with E-state index in [1.807, 2.05) is 109 Å². The normalized spacial score (nSPS) is 10.4. The number of nitrogens with one attached hydrogen (secondary N) is 6. The van der Waals surface area contributed by atoms with Gasteiger partial charge in [0.25, 0.3) is 0 Å². The molecule has 16 heteroatoms. The van der Waals surface area contributed by atoms with Crippen molar-refractivity contribution in [2.24, 2.45) is 0 Å². The fourth-order valence-electron chi connectivity index (χ4n) is 6.05. The van der Waals surface area contributed by atoms with E-state index in [0.717, 1.165) is 125 Å². The number of hydrogen-bond acceptors (Lipinski definition) is 10. The quantitative estimate of drug-likeness (QED) is 0.0226. The Bertz CT molecular complexity index is 1980. The first kappa shape index (κ1) is 66.7. The van der Waals surface area contributed by atoms with E-state index in [1.54, 1.807) is 36.5 Å². The molecule has 412 valence electrons. The smallest absolute Gasteiger partial charge is 0.315 e. The Balaban J connectivity index is 0.000000470. The average Bonchev–Trinajstić information content (AvgIpc) is 3.43. The minimum absolute atomic E-state index is 0.0876. The van der Waals surface area contributed by atoms with E-state index < -0.39 is 0 Å². The van der Waals surface area contributed by atoms with Crippen molar-refractivity contribution in [3.8, 4) is 0 Å². The highest BCUT2D eigenvalue weighted by Crippen LogP contribution is 2.12. The number of urea groups is 2. The van der Waals surface area contributed by atoms with E-state index in [1.165, 1.54) is 5.56 Å². The van der Waals surface area contributed by atoms with Crippen molar-refractivity contribution in [3.05, 3.63) is 162 Å². The number of benzene rings is 2. The van der Waals surface area contributed by atoms with Crippen LogP contribution in [0.1, 0.15) is 127 Å². The summed E-state index contributed by atoms with van der Waals surface area (Å²) in [5, 5.41) is 26.6. The number of ether oxygens (including phenoxy) is 1. The second-order valence-electron chi connectivity index (χ2n) is 17.3. The van der Waals surface area contributed by atoms with E-state index in [4.69, 9.17) is 4.74 Å². The maximum atomic E-state index is 11.4. The molecule has 5 aromatic rings. The van der Waals surface area contributed by atoms with E-state index in [0.29, 0.717) is 38.3 Å². The van der Waals surface area contributed by atoms with Gasteiger partial charge in [0, 0.05) is 81.8 Å². The summed E-state index contributed by atoms with van der Waals surface area (Å²) in [5.74, 6) is 1.80. The molecule has 0 bridgehead atoms. The van der Waals surface area contributed by atoms with E-state index >= 15 is 0 Å². The molecule has 1 unspecified atom stereocenters. The molecule has 7 N–H and O–H groups in total. The van der Waals surface area contributed by atoms with Crippen molar-refractivity contribution in [2.45, 2.75) is 137 Å². The van der Waals surface area contributed by atoms with Crippen LogP contribution in [-0.4, -0.2) is 95.2 Å². The van der Waals surface area contributed by atoms with Crippen LogP contribution in [0.2, 0.25) is 0 Å². The lowest BCUT2D eigenvalue weighted by atomic mass is 10.1. The van der Waals surface area contributed by atoms with Gasteiger partial charge in [-0.3, -0.25) is 24.5 Å². The third kappa shape index (κ3) is 41.7. The molecule has 0 aliphatic rings. The maximum Gasteiger partial charge on any atom is 0.315 e. The zero-order chi connectivity index (χ0) is 54.7. The largest absolute Gasteiger partial charge is 0.390 e. The number of rotatable bonds is 29. The molecule has 0 aliphatic carbocycles. The summed E-state index contributed by atoms with van der Waals surface area (Å²) in [6, 6.07) is 32.8. The number of pyridine rings is 3. The Morgan fingerprint density at radius 2 is 1.00 bits per heavy atom. The Kier molecular flexibility index (Phi) is 43.2. The Labute approximate surface area is 453 Å². The molecule has 0 fully saturated rings. The number of aliphatic hydroxyl groups is 1. The Hall–Kier alpha value is -6.36. The monoisotopic (exact) mass is 1050 g/mol. The molecule has 15 nitrogen and oxygen atoms in total. The van der Waals surface area contributed by atoms with Crippen LogP contribution >= 0.6 is 11.8 Å². The highest BCUT2D eigenvalue weighted by molar-refractivity contribution is 7.98. The number of unbranched alkanes of at least 4 members (excludes halogenated alkanes) is 5. The van der Waals surface area contributed by atoms with Gasteiger partial charge in [-0.25, -0.2) is 9.59 Å². The van der Waals surface area contributed by atoms with Gasteiger partial charge in [0.05, 0.1) is 37.8 Å². The number of aliphatic hydroxyl groups excluding tert-OH is 1. The van der Waals surface area contributed by atoms with Crippen LogP contribution < -0.4 is 31.9 Å². The number of carbonyl (C=O) groups is 4. The van der Waals surface area contributed by atoms with Gasteiger partial charge in [0.15, 0.2) is 0 Å². The van der Waals surface area contributed by atoms with Crippen molar-refractivity contribution in [2.75, 3.05) is 45.1 Å². The molecule has 3 heterocycles. The zero-order valence-electron chi connectivity index (χ0n) is 45.6. The summed E-state index contributed by atoms with van der Waals surface area (Å²) in [4.78, 5) is 57.3. The van der Waals surface area contributed by atoms with Gasteiger partial charge >= 0.3 is 12.1 Å². The lowest BCUT2D eigenvalue weighted by Gasteiger charge is -2.10. The third-order valence-corrected chi connectivity index (χ3v) is 11.5. The van der Waals surface area contributed by atoms with Crippen LogP contribution in [0.25, 0.3) is 0 Å². The summed E-state index contributed by atoms with van der Waals surface area (Å²) >= 11 is 1.71. The summed E-state index contributed by atoms with van der Waals surface area (Å²) in [6.45, 7) is 15.8. The average molecular weight is 1050 g/mol. The number of nitrogens with zero attached hydrogens (tertiary/aromatic N) is 3. The molecule has 75 heavy (non-hydrogen) atoms. The van der Waals surface area contributed by atoms with Gasteiger partial charge in [-0.2, -0.15) is 11.8 Å².